The Morgan fingerprint density at radius 2 is 2.26 bits per heavy atom. The first kappa shape index (κ1) is 17.9. The molecule has 1 aliphatic heterocycles. The molecule has 0 unspecified atom stereocenters. The Kier molecular flexibility index (Phi) is 6.98. The van der Waals surface area contributed by atoms with Gasteiger partial charge in [-0.3, -0.25) is 14.5 Å². The van der Waals surface area contributed by atoms with E-state index in [1.807, 2.05) is 11.8 Å². The SMILES string of the molecule is CCCNC(=O)CCCN1CCN(C(=O)c2cscn2)[C@@H](C)C1. The van der Waals surface area contributed by atoms with E-state index in [4.69, 9.17) is 0 Å². The highest BCUT2D eigenvalue weighted by Gasteiger charge is 2.28. The molecular weight excluding hydrogens is 312 g/mol. The molecule has 0 spiro atoms. The van der Waals surface area contributed by atoms with Crippen LogP contribution in [0.3, 0.4) is 0 Å². The summed E-state index contributed by atoms with van der Waals surface area (Å²) in [5.74, 6) is 0.162. The van der Waals surface area contributed by atoms with Gasteiger partial charge in [0.25, 0.3) is 5.91 Å². The molecular formula is C16H26N4O2S. The van der Waals surface area contributed by atoms with Crippen LogP contribution in [0.4, 0.5) is 0 Å². The van der Waals surface area contributed by atoms with Crippen LogP contribution in [-0.4, -0.2) is 65.4 Å². The Morgan fingerprint density at radius 3 is 2.91 bits per heavy atom. The van der Waals surface area contributed by atoms with Crippen molar-refractivity contribution in [1.29, 1.82) is 0 Å². The van der Waals surface area contributed by atoms with Crippen LogP contribution >= 0.6 is 11.3 Å². The molecule has 1 N–H and O–H groups in total. The zero-order chi connectivity index (χ0) is 16.7. The molecule has 1 fully saturated rings. The number of hydrogen-bond donors (Lipinski definition) is 1. The van der Waals surface area contributed by atoms with Crippen molar-refractivity contribution in [2.24, 2.45) is 0 Å². The van der Waals surface area contributed by atoms with E-state index < -0.39 is 0 Å². The van der Waals surface area contributed by atoms with Crippen molar-refractivity contribution in [3.05, 3.63) is 16.6 Å². The summed E-state index contributed by atoms with van der Waals surface area (Å²) in [5.41, 5.74) is 2.24. The molecule has 0 saturated carbocycles. The summed E-state index contributed by atoms with van der Waals surface area (Å²) in [6, 6.07) is 0.173. The molecule has 2 amide bonds. The largest absolute Gasteiger partial charge is 0.356 e. The van der Waals surface area contributed by atoms with Crippen LogP contribution in [0.25, 0.3) is 0 Å². The minimum Gasteiger partial charge on any atom is -0.356 e. The molecule has 1 aromatic heterocycles. The van der Waals surface area contributed by atoms with Crippen molar-refractivity contribution in [1.82, 2.24) is 20.1 Å². The molecule has 23 heavy (non-hydrogen) atoms. The van der Waals surface area contributed by atoms with Gasteiger partial charge in [0.2, 0.25) is 5.91 Å². The van der Waals surface area contributed by atoms with Crippen LogP contribution in [0.5, 0.6) is 0 Å². The molecule has 1 aromatic rings. The number of amides is 2. The Labute approximate surface area is 141 Å². The van der Waals surface area contributed by atoms with Gasteiger partial charge in [-0.2, -0.15) is 0 Å². The molecule has 6 nitrogen and oxygen atoms in total. The van der Waals surface area contributed by atoms with Gasteiger partial charge in [-0.1, -0.05) is 6.92 Å². The Hall–Kier alpha value is -1.47. The second kappa shape index (κ2) is 8.98. The molecule has 1 atom stereocenters. The number of nitrogens with one attached hydrogen (secondary N) is 1. The third-order valence-corrected chi connectivity index (χ3v) is 4.66. The number of thiazole rings is 1. The molecule has 1 saturated heterocycles. The maximum Gasteiger partial charge on any atom is 0.273 e. The fourth-order valence-electron chi connectivity index (χ4n) is 2.82. The van der Waals surface area contributed by atoms with Gasteiger partial charge in [0.1, 0.15) is 5.69 Å². The summed E-state index contributed by atoms with van der Waals surface area (Å²) >= 11 is 1.45. The van der Waals surface area contributed by atoms with Crippen molar-refractivity contribution in [3.8, 4) is 0 Å². The first-order valence-corrected chi connectivity index (χ1v) is 9.24. The topological polar surface area (TPSA) is 65.5 Å². The van der Waals surface area contributed by atoms with Crippen LogP contribution in [0, 0.1) is 0 Å². The van der Waals surface area contributed by atoms with E-state index in [0.717, 1.165) is 45.6 Å². The standard InChI is InChI=1S/C16H26N4O2S/c1-3-6-17-15(21)5-4-7-19-8-9-20(13(2)10-19)16(22)14-11-23-12-18-14/h11-13H,3-10H2,1-2H3,(H,17,21)/t13-/m0/s1. The predicted octanol–water partition coefficient (Wildman–Crippen LogP) is 1.60. The van der Waals surface area contributed by atoms with Crippen LogP contribution in [-0.2, 0) is 4.79 Å². The second-order valence-corrected chi connectivity index (χ2v) is 6.69. The van der Waals surface area contributed by atoms with Crippen LogP contribution < -0.4 is 5.32 Å². The summed E-state index contributed by atoms with van der Waals surface area (Å²) in [7, 11) is 0. The fourth-order valence-corrected chi connectivity index (χ4v) is 3.35. The zero-order valence-electron chi connectivity index (χ0n) is 14.0. The molecule has 2 rings (SSSR count). The van der Waals surface area contributed by atoms with E-state index in [2.05, 4.69) is 22.1 Å². The smallest absolute Gasteiger partial charge is 0.273 e. The lowest BCUT2D eigenvalue weighted by Gasteiger charge is -2.39. The minimum atomic E-state index is 0.0253. The Morgan fingerprint density at radius 1 is 1.43 bits per heavy atom. The molecule has 0 bridgehead atoms. The van der Waals surface area contributed by atoms with Gasteiger partial charge in [0.15, 0.2) is 0 Å². The van der Waals surface area contributed by atoms with Crippen LogP contribution in [0.1, 0.15) is 43.6 Å². The normalized spacial score (nSPS) is 18.9. The van der Waals surface area contributed by atoms with Gasteiger partial charge in [-0.05, 0) is 26.3 Å². The fraction of sp³-hybridized carbons (Fsp3) is 0.688. The predicted molar refractivity (Wildman–Crippen MR) is 91.6 cm³/mol. The molecule has 2 heterocycles. The first-order valence-electron chi connectivity index (χ1n) is 8.30. The third kappa shape index (κ3) is 5.28. The maximum absolute atomic E-state index is 12.4. The minimum absolute atomic E-state index is 0.0253. The highest BCUT2D eigenvalue weighted by Crippen LogP contribution is 2.14. The van der Waals surface area contributed by atoms with E-state index in [9.17, 15) is 9.59 Å². The van der Waals surface area contributed by atoms with Gasteiger partial charge < -0.3 is 10.2 Å². The molecule has 1 aliphatic rings. The number of hydrogen-bond acceptors (Lipinski definition) is 5. The molecule has 7 heteroatoms. The summed E-state index contributed by atoms with van der Waals surface area (Å²) in [6.45, 7) is 8.22. The summed E-state index contributed by atoms with van der Waals surface area (Å²) in [4.78, 5) is 32.3. The van der Waals surface area contributed by atoms with Gasteiger partial charge in [0, 0.05) is 44.0 Å². The number of rotatable bonds is 7. The van der Waals surface area contributed by atoms with Crippen molar-refractivity contribution in [3.63, 3.8) is 0 Å². The third-order valence-electron chi connectivity index (χ3n) is 4.07. The Bertz CT molecular complexity index is 506. The summed E-state index contributed by atoms with van der Waals surface area (Å²) in [5, 5.41) is 4.70. The quantitative estimate of drug-likeness (QED) is 0.820. The first-order chi connectivity index (χ1) is 11.1. The van der Waals surface area contributed by atoms with E-state index in [1.165, 1.54) is 11.3 Å². The van der Waals surface area contributed by atoms with Crippen LogP contribution in [0.2, 0.25) is 0 Å². The van der Waals surface area contributed by atoms with Crippen LogP contribution in [0.15, 0.2) is 10.9 Å². The number of carbonyl (C=O) groups excluding carboxylic acids is 2. The van der Waals surface area contributed by atoms with Crippen molar-refractivity contribution in [2.45, 2.75) is 39.2 Å². The van der Waals surface area contributed by atoms with Gasteiger partial charge in [-0.25, -0.2) is 4.98 Å². The van der Waals surface area contributed by atoms with Gasteiger partial charge in [0.05, 0.1) is 5.51 Å². The number of carbonyl (C=O) groups is 2. The molecule has 0 aromatic carbocycles. The molecule has 0 radical (unpaired) electrons. The average Bonchev–Trinajstić information content (AvgIpc) is 3.07. The maximum atomic E-state index is 12.4. The van der Waals surface area contributed by atoms with E-state index >= 15 is 0 Å². The summed E-state index contributed by atoms with van der Waals surface area (Å²) in [6.07, 6.45) is 2.41. The van der Waals surface area contributed by atoms with Gasteiger partial charge >= 0.3 is 0 Å². The highest BCUT2D eigenvalue weighted by molar-refractivity contribution is 7.07. The van der Waals surface area contributed by atoms with E-state index in [0.29, 0.717) is 12.1 Å². The number of nitrogens with zero attached hydrogens (tertiary/aromatic N) is 3. The lowest BCUT2D eigenvalue weighted by atomic mass is 10.1. The zero-order valence-corrected chi connectivity index (χ0v) is 14.8. The number of piperazine rings is 1. The second-order valence-electron chi connectivity index (χ2n) is 5.98. The molecule has 128 valence electrons. The lowest BCUT2D eigenvalue weighted by Crippen LogP contribution is -2.54. The van der Waals surface area contributed by atoms with E-state index in [1.54, 1.807) is 10.9 Å². The summed E-state index contributed by atoms with van der Waals surface area (Å²) < 4.78 is 0. The monoisotopic (exact) mass is 338 g/mol. The van der Waals surface area contributed by atoms with E-state index in [-0.39, 0.29) is 17.9 Å². The lowest BCUT2D eigenvalue weighted by molar-refractivity contribution is -0.121. The van der Waals surface area contributed by atoms with Crippen molar-refractivity contribution >= 4 is 23.2 Å². The van der Waals surface area contributed by atoms with Crippen molar-refractivity contribution < 1.29 is 9.59 Å². The van der Waals surface area contributed by atoms with Gasteiger partial charge in [-0.15, -0.1) is 11.3 Å². The number of aromatic nitrogens is 1. The average molecular weight is 338 g/mol. The molecule has 0 aliphatic carbocycles. The van der Waals surface area contributed by atoms with Crippen molar-refractivity contribution in [2.75, 3.05) is 32.7 Å². The Balaban J connectivity index is 1.71. The highest BCUT2D eigenvalue weighted by atomic mass is 32.1.